The molecule has 0 saturated carbocycles. The predicted octanol–water partition coefficient (Wildman–Crippen LogP) is 2.02. The summed E-state index contributed by atoms with van der Waals surface area (Å²) in [5.41, 5.74) is 5.91. The van der Waals surface area contributed by atoms with Gasteiger partial charge in [-0.05, 0) is 36.4 Å². The van der Waals surface area contributed by atoms with E-state index in [0.29, 0.717) is 17.0 Å². The number of nitrogens with zero attached hydrogens (tertiary/aromatic N) is 3. The molecule has 28 heavy (non-hydrogen) atoms. The van der Waals surface area contributed by atoms with Crippen LogP contribution in [0, 0.1) is 5.82 Å². The Balaban J connectivity index is 2.07. The molecule has 4 aromatic rings. The summed E-state index contributed by atoms with van der Waals surface area (Å²) in [5.74, 6) is -0.619. The van der Waals surface area contributed by atoms with Crippen LogP contribution >= 0.6 is 0 Å². The molecule has 2 aromatic heterocycles. The Kier molecular flexibility index (Phi) is 4.11. The van der Waals surface area contributed by atoms with Crippen LogP contribution < -0.4 is 16.2 Å². The number of benzene rings is 2. The largest absolute Gasteiger partial charge is 0.496 e. The number of imidazole rings is 1. The molecular formula is C19H14FN5O3. The first-order valence-electron chi connectivity index (χ1n) is 8.21. The maximum absolute atomic E-state index is 13.3. The van der Waals surface area contributed by atoms with Gasteiger partial charge in [-0.3, -0.25) is 4.79 Å². The summed E-state index contributed by atoms with van der Waals surface area (Å²) in [6, 6.07) is 12.3. The summed E-state index contributed by atoms with van der Waals surface area (Å²) in [4.78, 5) is 35.8. The van der Waals surface area contributed by atoms with Gasteiger partial charge in [-0.15, -0.1) is 0 Å². The lowest BCUT2D eigenvalue weighted by Gasteiger charge is -2.09. The smallest absolute Gasteiger partial charge is 0.332 e. The first-order chi connectivity index (χ1) is 13.5. The molecule has 3 N–H and O–H groups in total. The van der Waals surface area contributed by atoms with Crippen LogP contribution in [0.25, 0.3) is 28.2 Å². The minimum absolute atomic E-state index is 0.0977. The van der Waals surface area contributed by atoms with Gasteiger partial charge in [0.05, 0.1) is 18.4 Å². The number of halogens is 1. The van der Waals surface area contributed by atoms with Gasteiger partial charge in [-0.2, -0.15) is 0 Å². The van der Waals surface area contributed by atoms with E-state index in [-0.39, 0.29) is 22.7 Å². The molecule has 2 aromatic carbocycles. The van der Waals surface area contributed by atoms with Crippen molar-refractivity contribution in [2.75, 3.05) is 7.11 Å². The highest BCUT2D eigenvalue weighted by atomic mass is 19.1. The average Bonchev–Trinajstić information content (AvgIpc) is 3.03. The number of aromatic amines is 1. The topological polar surface area (TPSA) is 116 Å². The van der Waals surface area contributed by atoms with Gasteiger partial charge in [0.15, 0.2) is 17.2 Å². The third kappa shape index (κ3) is 2.78. The number of carbonyl (C=O) groups excluding carboxylic acids is 1. The van der Waals surface area contributed by atoms with Gasteiger partial charge in [-0.25, -0.2) is 23.7 Å². The van der Waals surface area contributed by atoms with E-state index in [0.717, 1.165) is 0 Å². The third-order valence-corrected chi connectivity index (χ3v) is 4.20. The number of aromatic nitrogens is 4. The van der Waals surface area contributed by atoms with Crippen LogP contribution in [-0.4, -0.2) is 32.5 Å². The van der Waals surface area contributed by atoms with E-state index in [1.807, 2.05) is 0 Å². The van der Waals surface area contributed by atoms with Crippen LogP contribution in [0.2, 0.25) is 0 Å². The van der Waals surface area contributed by atoms with Crippen molar-refractivity contribution in [2.24, 2.45) is 5.73 Å². The van der Waals surface area contributed by atoms with Gasteiger partial charge in [0, 0.05) is 0 Å². The number of primary amides is 1. The van der Waals surface area contributed by atoms with Gasteiger partial charge in [0.25, 0.3) is 5.91 Å². The molecule has 0 saturated heterocycles. The van der Waals surface area contributed by atoms with E-state index < -0.39 is 17.4 Å². The van der Waals surface area contributed by atoms with E-state index >= 15 is 0 Å². The summed E-state index contributed by atoms with van der Waals surface area (Å²) < 4.78 is 19.8. The molecule has 0 spiro atoms. The van der Waals surface area contributed by atoms with Gasteiger partial charge in [0.2, 0.25) is 0 Å². The molecule has 0 atom stereocenters. The van der Waals surface area contributed by atoms with Gasteiger partial charge in [-0.1, -0.05) is 12.1 Å². The summed E-state index contributed by atoms with van der Waals surface area (Å²) in [6.45, 7) is 0. The second-order valence-electron chi connectivity index (χ2n) is 5.90. The zero-order chi connectivity index (χ0) is 19.8. The van der Waals surface area contributed by atoms with E-state index in [1.165, 1.54) is 35.9 Å². The van der Waals surface area contributed by atoms with Crippen molar-refractivity contribution < 1.29 is 13.9 Å². The third-order valence-electron chi connectivity index (χ3n) is 4.20. The number of carbonyl (C=O) groups is 1. The SMILES string of the molecule is COc1ccccc1-c1nc(C(N)=O)c2[nH]c(=O)n(-c3ccc(F)cc3)c2n1. The molecule has 8 nitrogen and oxygen atoms in total. The molecular weight excluding hydrogens is 365 g/mol. The van der Waals surface area contributed by atoms with Crippen molar-refractivity contribution in [1.29, 1.82) is 0 Å². The van der Waals surface area contributed by atoms with Gasteiger partial charge >= 0.3 is 5.69 Å². The Morgan fingerprint density at radius 1 is 1.14 bits per heavy atom. The van der Waals surface area contributed by atoms with Crippen molar-refractivity contribution >= 4 is 17.1 Å². The molecule has 9 heteroatoms. The number of para-hydroxylation sites is 1. The minimum atomic E-state index is -0.823. The molecule has 0 aliphatic heterocycles. The summed E-state index contributed by atoms with van der Waals surface area (Å²) in [5, 5.41) is 0. The number of nitrogens with two attached hydrogens (primary N) is 1. The van der Waals surface area contributed by atoms with Crippen LogP contribution in [0.1, 0.15) is 10.5 Å². The fraction of sp³-hybridized carbons (Fsp3) is 0.0526. The number of hydrogen-bond donors (Lipinski definition) is 2. The van der Waals surface area contributed by atoms with Crippen molar-refractivity contribution in [1.82, 2.24) is 19.5 Å². The van der Waals surface area contributed by atoms with E-state index in [4.69, 9.17) is 10.5 Å². The first kappa shape index (κ1) is 17.4. The number of methoxy groups -OCH3 is 1. The fourth-order valence-electron chi connectivity index (χ4n) is 2.94. The number of hydrogen-bond acceptors (Lipinski definition) is 5. The molecule has 0 aliphatic rings. The maximum Gasteiger partial charge on any atom is 0.332 e. The number of H-pyrrole nitrogens is 1. The lowest BCUT2D eigenvalue weighted by Crippen LogP contribution is -2.15. The molecule has 0 radical (unpaired) electrons. The Hall–Kier alpha value is -4.01. The summed E-state index contributed by atoms with van der Waals surface area (Å²) in [7, 11) is 1.50. The first-order valence-corrected chi connectivity index (χ1v) is 8.21. The molecule has 0 unspecified atom stereocenters. The number of nitrogens with one attached hydrogen (secondary N) is 1. The molecule has 0 aliphatic carbocycles. The second-order valence-corrected chi connectivity index (χ2v) is 5.90. The number of rotatable bonds is 4. The van der Waals surface area contributed by atoms with Crippen molar-refractivity contribution in [2.45, 2.75) is 0 Å². The number of amides is 1. The van der Waals surface area contributed by atoms with Crippen LogP contribution in [0.5, 0.6) is 5.75 Å². The Bertz CT molecular complexity index is 1260. The average molecular weight is 379 g/mol. The van der Waals surface area contributed by atoms with Crippen LogP contribution in [0.3, 0.4) is 0 Å². The van der Waals surface area contributed by atoms with Gasteiger partial charge < -0.3 is 15.5 Å². The molecule has 1 amide bonds. The van der Waals surface area contributed by atoms with Crippen molar-refractivity contribution in [3.8, 4) is 22.8 Å². The Morgan fingerprint density at radius 3 is 2.54 bits per heavy atom. The fourth-order valence-corrected chi connectivity index (χ4v) is 2.94. The summed E-state index contributed by atoms with van der Waals surface area (Å²) in [6.07, 6.45) is 0. The van der Waals surface area contributed by atoms with E-state index in [2.05, 4.69) is 15.0 Å². The Morgan fingerprint density at radius 2 is 1.86 bits per heavy atom. The van der Waals surface area contributed by atoms with E-state index in [9.17, 15) is 14.0 Å². The van der Waals surface area contributed by atoms with Gasteiger partial charge in [0.1, 0.15) is 17.1 Å². The molecule has 2 heterocycles. The standard InChI is InChI=1S/C19H14FN5O3/c1-28-13-5-3-2-4-12(13)17-22-14(16(21)26)15-18(24-17)25(19(27)23-15)11-8-6-10(20)7-9-11/h2-9H,1H3,(H2,21,26)(H,23,27). The van der Waals surface area contributed by atoms with Crippen molar-refractivity contribution in [3.05, 3.63) is 70.5 Å². The van der Waals surface area contributed by atoms with E-state index in [1.54, 1.807) is 24.3 Å². The molecule has 140 valence electrons. The lowest BCUT2D eigenvalue weighted by molar-refractivity contribution is 0.0997. The number of ether oxygens (including phenoxy) is 1. The summed E-state index contributed by atoms with van der Waals surface area (Å²) >= 11 is 0. The van der Waals surface area contributed by atoms with Crippen LogP contribution in [0.4, 0.5) is 4.39 Å². The zero-order valence-electron chi connectivity index (χ0n) is 14.6. The quantitative estimate of drug-likeness (QED) is 0.563. The monoisotopic (exact) mass is 379 g/mol. The highest BCUT2D eigenvalue weighted by molar-refractivity contribution is 6.02. The zero-order valence-corrected chi connectivity index (χ0v) is 14.6. The predicted molar refractivity (Wildman–Crippen MR) is 99.9 cm³/mol. The highest BCUT2D eigenvalue weighted by Crippen LogP contribution is 2.29. The second kappa shape index (κ2) is 6.62. The molecule has 0 bridgehead atoms. The van der Waals surface area contributed by atoms with Crippen LogP contribution in [0.15, 0.2) is 53.3 Å². The number of fused-ring (bicyclic) bond motifs is 1. The Labute approximate surface area is 157 Å². The normalized spacial score (nSPS) is 10.9. The highest BCUT2D eigenvalue weighted by Gasteiger charge is 2.21. The minimum Gasteiger partial charge on any atom is -0.496 e. The van der Waals surface area contributed by atoms with Crippen molar-refractivity contribution in [3.63, 3.8) is 0 Å². The molecule has 0 fully saturated rings. The lowest BCUT2D eigenvalue weighted by atomic mass is 10.2. The molecule has 4 rings (SSSR count). The maximum atomic E-state index is 13.3. The van der Waals surface area contributed by atoms with Crippen LogP contribution in [-0.2, 0) is 0 Å².